The average molecular weight is 297 g/mol. The maximum absolute atomic E-state index is 3.61. The fourth-order valence-electron chi connectivity index (χ4n) is 2.42. The van der Waals surface area contributed by atoms with E-state index in [1.807, 2.05) is 0 Å². The summed E-state index contributed by atoms with van der Waals surface area (Å²) in [5.74, 6) is 0. The molecule has 0 amide bonds. The molecular weight excluding hydrogens is 276 g/mol. The van der Waals surface area contributed by atoms with Crippen LogP contribution in [0.5, 0.6) is 0 Å². The molecule has 1 aromatic rings. The van der Waals surface area contributed by atoms with Gasteiger partial charge in [0.25, 0.3) is 0 Å². The minimum absolute atomic E-state index is 0.660. The van der Waals surface area contributed by atoms with Gasteiger partial charge in [-0.15, -0.1) is 0 Å². The van der Waals surface area contributed by atoms with Crippen LogP contribution in [0.2, 0.25) is 0 Å². The number of aryl methyl sites for hydroxylation is 1. The van der Waals surface area contributed by atoms with Gasteiger partial charge in [0, 0.05) is 29.3 Å². The molecule has 94 valence electrons. The Bertz CT molecular complexity index is 378. The van der Waals surface area contributed by atoms with Gasteiger partial charge in [-0.1, -0.05) is 28.9 Å². The first kappa shape index (κ1) is 12.9. The van der Waals surface area contributed by atoms with E-state index in [1.165, 1.54) is 35.1 Å². The lowest BCUT2D eigenvalue weighted by molar-refractivity contribution is 0.549. The Morgan fingerprint density at radius 2 is 2.29 bits per heavy atom. The Labute approximate surface area is 113 Å². The van der Waals surface area contributed by atoms with Crippen LogP contribution in [-0.2, 0) is 0 Å². The molecule has 2 nitrogen and oxygen atoms in total. The molecule has 2 rings (SSSR count). The van der Waals surface area contributed by atoms with E-state index in [-0.39, 0.29) is 0 Å². The first-order chi connectivity index (χ1) is 8.20. The second-order valence-corrected chi connectivity index (χ2v) is 5.73. The van der Waals surface area contributed by atoms with Crippen molar-refractivity contribution in [2.24, 2.45) is 0 Å². The zero-order valence-electron chi connectivity index (χ0n) is 10.7. The number of hydrogen-bond acceptors (Lipinski definition) is 2. The first-order valence-corrected chi connectivity index (χ1v) is 7.24. The summed E-state index contributed by atoms with van der Waals surface area (Å²) in [6.07, 6.45) is 2.47. The topological polar surface area (TPSA) is 15.3 Å². The fraction of sp³-hybridized carbons (Fsp3) is 0.571. The molecule has 1 unspecified atom stereocenters. The highest BCUT2D eigenvalue weighted by molar-refractivity contribution is 9.10. The van der Waals surface area contributed by atoms with E-state index in [9.17, 15) is 0 Å². The number of nitrogens with zero attached hydrogens (tertiary/aromatic N) is 1. The highest BCUT2D eigenvalue weighted by atomic mass is 79.9. The van der Waals surface area contributed by atoms with E-state index in [0.29, 0.717) is 6.04 Å². The first-order valence-electron chi connectivity index (χ1n) is 6.45. The highest BCUT2D eigenvalue weighted by Crippen LogP contribution is 2.27. The molecule has 1 atom stereocenters. The summed E-state index contributed by atoms with van der Waals surface area (Å²) in [6, 6.07) is 7.19. The van der Waals surface area contributed by atoms with E-state index < -0.39 is 0 Å². The monoisotopic (exact) mass is 296 g/mol. The highest BCUT2D eigenvalue weighted by Gasteiger charge is 2.22. The Kier molecular flexibility index (Phi) is 4.46. The van der Waals surface area contributed by atoms with Crippen LogP contribution in [-0.4, -0.2) is 25.7 Å². The minimum atomic E-state index is 0.660. The van der Waals surface area contributed by atoms with Crippen molar-refractivity contribution < 1.29 is 0 Å². The molecule has 1 aliphatic heterocycles. The molecule has 1 saturated heterocycles. The van der Waals surface area contributed by atoms with Crippen molar-refractivity contribution in [2.75, 3.05) is 24.5 Å². The van der Waals surface area contributed by atoms with Gasteiger partial charge in [-0.2, -0.15) is 0 Å². The number of nitrogens with one attached hydrogen (secondary N) is 1. The summed E-state index contributed by atoms with van der Waals surface area (Å²) in [4.78, 5) is 2.49. The second-order valence-electron chi connectivity index (χ2n) is 4.82. The lowest BCUT2D eigenvalue weighted by atomic mass is 10.2. The van der Waals surface area contributed by atoms with Crippen LogP contribution in [0.3, 0.4) is 0 Å². The number of benzene rings is 1. The molecule has 1 aliphatic rings. The van der Waals surface area contributed by atoms with Gasteiger partial charge in [-0.25, -0.2) is 0 Å². The van der Waals surface area contributed by atoms with Crippen LogP contribution in [0.15, 0.2) is 22.7 Å². The van der Waals surface area contributed by atoms with Gasteiger partial charge in [-0.3, -0.25) is 0 Å². The third kappa shape index (κ3) is 3.23. The third-order valence-corrected chi connectivity index (χ3v) is 3.88. The van der Waals surface area contributed by atoms with Gasteiger partial charge < -0.3 is 10.2 Å². The van der Waals surface area contributed by atoms with Crippen molar-refractivity contribution in [3.05, 3.63) is 28.2 Å². The Balaban J connectivity index is 2.02. The smallest absolute Gasteiger partial charge is 0.0407 e. The number of halogens is 1. The molecule has 1 heterocycles. The quantitative estimate of drug-likeness (QED) is 0.917. The zero-order valence-corrected chi connectivity index (χ0v) is 12.3. The van der Waals surface area contributed by atoms with E-state index in [2.05, 4.69) is 58.2 Å². The summed E-state index contributed by atoms with van der Waals surface area (Å²) in [7, 11) is 0. The van der Waals surface area contributed by atoms with Crippen LogP contribution in [0.25, 0.3) is 0 Å². The predicted octanol–water partition coefficient (Wildman–Crippen LogP) is 3.34. The summed E-state index contributed by atoms with van der Waals surface area (Å²) in [5.41, 5.74) is 2.74. The van der Waals surface area contributed by atoms with Crippen molar-refractivity contribution in [3.63, 3.8) is 0 Å². The molecule has 0 saturated carbocycles. The third-order valence-electron chi connectivity index (χ3n) is 3.38. The SMILES string of the molecule is CCCNC1CCN(c2cc(Br)ccc2C)C1. The van der Waals surface area contributed by atoms with Crippen molar-refractivity contribution in [1.29, 1.82) is 0 Å². The largest absolute Gasteiger partial charge is 0.370 e. The molecule has 0 radical (unpaired) electrons. The van der Waals surface area contributed by atoms with Crippen molar-refractivity contribution >= 4 is 21.6 Å². The maximum Gasteiger partial charge on any atom is 0.0407 e. The molecule has 1 fully saturated rings. The minimum Gasteiger partial charge on any atom is -0.370 e. The Hall–Kier alpha value is -0.540. The molecule has 1 aromatic carbocycles. The fourth-order valence-corrected chi connectivity index (χ4v) is 2.77. The van der Waals surface area contributed by atoms with E-state index >= 15 is 0 Å². The lowest BCUT2D eigenvalue weighted by Gasteiger charge is -2.21. The van der Waals surface area contributed by atoms with Crippen LogP contribution in [0.1, 0.15) is 25.3 Å². The van der Waals surface area contributed by atoms with Gasteiger partial charge >= 0.3 is 0 Å². The maximum atomic E-state index is 3.61. The zero-order chi connectivity index (χ0) is 12.3. The summed E-state index contributed by atoms with van der Waals surface area (Å²) in [6.45, 7) is 7.85. The van der Waals surface area contributed by atoms with Gasteiger partial charge in [0.2, 0.25) is 0 Å². The number of hydrogen-bond donors (Lipinski definition) is 1. The molecular formula is C14H21BrN2. The summed E-state index contributed by atoms with van der Waals surface area (Å²) >= 11 is 3.56. The predicted molar refractivity (Wildman–Crippen MR) is 77.8 cm³/mol. The van der Waals surface area contributed by atoms with Crippen LogP contribution >= 0.6 is 15.9 Å². The van der Waals surface area contributed by atoms with Crippen molar-refractivity contribution in [1.82, 2.24) is 5.32 Å². The standard InChI is InChI=1S/C14H21BrN2/c1-3-7-16-13-6-8-17(10-13)14-9-12(15)5-4-11(14)2/h4-5,9,13,16H,3,6-8,10H2,1-2H3. The second kappa shape index (κ2) is 5.87. The lowest BCUT2D eigenvalue weighted by Crippen LogP contribution is -2.33. The van der Waals surface area contributed by atoms with Crippen LogP contribution in [0, 0.1) is 6.92 Å². The number of anilines is 1. The molecule has 0 aliphatic carbocycles. The average Bonchev–Trinajstić information content (AvgIpc) is 2.78. The molecule has 0 aromatic heterocycles. The summed E-state index contributed by atoms with van der Waals surface area (Å²) < 4.78 is 1.17. The molecule has 0 bridgehead atoms. The van der Waals surface area contributed by atoms with E-state index in [4.69, 9.17) is 0 Å². The van der Waals surface area contributed by atoms with Crippen molar-refractivity contribution in [3.8, 4) is 0 Å². The van der Waals surface area contributed by atoms with E-state index in [1.54, 1.807) is 0 Å². The van der Waals surface area contributed by atoms with Gasteiger partial charge in [0.1, 0.15) is 0 Å². The van der Waals surface area contributed by atoms with E-state index in [0.717, 1.165) is 13.1 Å². The van der Waals surface area contributed by atoms with Gasteiger partial charge in [-0.05, 0) is 44.0 Å². The molecule has 3 heteroatoms. The van der Waals surface area contributed by atoms with Crippen LogP contribution in [0.4, 0.5) is 5.69 Å². The van der Waals surface area contributed by atoms with Gasteiger partial charge in [0.05, 0.1) is 0 Å². The van der Waals surface area contributed by atoms with Gasteiger partial charge in [0.15, 0.2) is 0 Å². The number of rotatable bonds is 4. The molecule has 17 heavy (non-hydrogen) atoms. The molecule has 0 spiro atoms. The Morgan fingerprint density at radius 3 is 3.06 bits per heavy atom. The van der Waals surface area contributed by atoms with Crippen molar-refractivity contribution in [2.45, 2.75) is 32.7 Å². The normalized spacial score (nSPS) is 19.9. The Morgan fingerprint density at radius 1 is 1.47 bits per heavy atom. The molecule has 1 N–H and O–H groups in total. The van der Waals surface area contributed by atoms with Crippen LogP contribution < -0.4 is 10.2 Å². The summed E-state index contributed by atoms with van der Waals surface area (Å²) in [5, 5.41) is 3.61.